The fourth-order valence-corrected chi connectivity index (χ4v) is 14.9. The molecule has 0 unspecified atom stereocenters. The maximum atomic E-state index is 2.65. The standard InChI is InChI=1S/C46H36SSi/c1-45(2)37-24-12-13-25-39(37)46(40-26-14-16-28-43(40)47-44-29-17-15-27-41(44)46)42-32-36(30-31-38(42)45)48(33-18-6-3-7-19-33,34-20-8-4-9-21-34)35-22-10-5-11-23-35/h3-32H,1-2H3. The van der Waals surface area contributed by atoms with Crippen LogP contribution in [0, 0.1) is 0 Å². The Bertz CT molecular complexity index is 2150. The van der Waals surface area contributed by atoms with Crippen molar-refractivity contribution in [2.75, 3.05) is 0 Å². The number of hydrogen-bond donors (Lipinski definition) is 0. The van der Waals surface area contributed by atoms with Crippen LogP contribution in [0.4, 0.5) is 0 Å². The Morgan fingerprint density at radius 2 is 0.750 bits per heavy atom. The second-order valence-corrected chi connectivity index (χ2v) is 18.5. The summed E-state index contributed by atoms with van der Waals surface area (Å²) < 4.78 is 0. The van der Waals surface area contributed by atoms with E-state index in [1.165, 1.54) is 63.9 Å². The van der Waals surface area contributed by atoms with Crippen LogP contribution in [0.3, 0.4) is 0 Å². The smallest absolute Gasteiger partial charge is 0.0894 e. The molecular weight excluding hydrogens is 613 g/mol. The van der Waals surface area contributed by atoms with Crippen LogP contribution in [0.2, 0.25) is 0 Å². The molecule has 48 heavy (non-hydrogen) atoms. The summed E-state index contributed by atoms with van der Waals surface area (Å²) in [6.45, 7) is 4.84. The van der Waals surface area contributed by atoms with Crippen LogP contribution in [0.5, 0.6) is 0 Å². The second-order valence-electron chi connectivity index (χ2n) is 13.6. The first-order chi connectivity index (χ1) is 23.6. The summed E-state index contributed by atoms with van der Waals surface area (Å²) in [7, 11) is -2.77. The van der Waals surface area contributed by atoms with Crippen LogP contribution < -0.4 is 20.7 Å². The molecule has 0 N–H and O–H groups in total. The fraction of sp³-hybridized carbons (Fsp3) is 0.0870. The van der Waals surface area contributed by atoms with Gasteiger partial charge in [0.15, 0.2) is 8.07 Å². The fourth-order valence-electron chi connectivity index (χ4n) is 8.92. The SMILES string of the molecule is CC1(C)c2ccccc2C2(c3ccccc3Sc3ccccc32)c2cc([Si](c3ccccc3)(c3ccccc3)c3ccccc3)ccc21. The maximum absolute atomic E-state index is 2.77. The van der Waals surface area contributed by atoms with Crippen molar-refractivity contribution < 1.29 is 0 Å². The van der Waals surface area contributed by atoms with Gasteiger partial charge >= 0.3 is 0 Å². The zero-order valence-corrected chi connectivity index (χ0v) is 29.0. The molecule has 0 amide bonds. The molecule has 1 aliphatic heterocycles. The molecule has 0 bridgehead atoms. The molecule has 1 spiro atoms. The predicted octanol–water partition coefficient (Wildman–Crippen LogP) is 8.55. The summed E-state index contributed by atoms with van der Waals surface area (Å²) in [4.78, 5) is 2.67. The highest BCUT2D eigenvalue weighted by atomic mass is 32.2. The van der Waals surface area contributed by atoms with E-state index >= 15 is 0 Å². The van der Waals surface area contributed by atoms with Crippen molar-refractivity contribution in [2.24, 2.45) is 0 Å². The largest absolute Gasteiger partial charge is 0.179 e. The molecule has 7 aromatic rings. The van der Waals surface area contributed by atoms with E-state index in [9.17, 15) is 0 Å². The summed E-state index contributed by atoms with van der Waals surface area (Å²) in [6, 6.07) is 69.1. The Morgan fingerprint density at radius 3 is 1.25 bits per heavy atom. The lowest BCUT2D eigenvalue weighted by Gasteiger charge is -2.51. The van der Waals surface area contributed by atoms with E-state index in [2.05, 4.69) is 196 Å². The first-order valence-electron chi connectivity index (χ1n) is 16.9. The zero-order valence-electron chi connectivity index (χ0n) is 27.2. The average molecular weight is 649 g/mol. The van der Waals surface area contributed by atoms with Gasteiger partial charge in [-0.2, -0.15) is 0 Å². The van der Waals surface area contributed by atoms with Crippen LogP contribution in [0.1, 0.15) is 47.2 Å². The van der Waals surface area contributed by atoms with Gasteiger partial charge in [-0.3, -0.25) is 0 Å². The van der Waals surface area contributed by atoms with Crippen LogP contribution >= 0.6 is 11.8 Å². The van der Waals surface area contributed by atoms with Crippen LogP contribution in [0.15, 0.2) is 192 Å². The van der Waals surface area contributed by atoms with Crippen LogP contribution in [0.25, 0.3) is 0 Å². The second kappa shape index (κ2) is 11.1. The minimum Gasteiger partial charge on any atom is -0.0894 e. The van der Waals surface area contributed by atoms with Crippen molar-refractivity contribution >= 4 is 40.6 Å². The van der Waals surface area contributed by atoms with E-state index in [1.54, 1.807) is 0 Å². The van der Waals surface area contributed by atoms with Gasteiger partial charge in [0, 0.05) is 15.2 Å². The van der Waals surface area contributed by atoms with E-state index in [4.69, 9.17) is 0 Å². The molecule has 1 heterocycles. The minimum atomic E-state index is -2.77. The number of rotatable bonds is 4. The van der Waals surface area contributed by atoms with Gasteiger partial charge in [-0.1, -0.05) is 195 Å². The lowest BCUT2D eigenvalue weighted by Crippen LogP contribution is -2.75. The first-order valence-corrected chi connectivity index (χ1v) is 19.7. The van der Waals surface area contributed by atoms with E-state index < -0.39 is 13.5 Å². The number of benzene rings is 7. The van der Waals surface area contributed by atoms with E-state index in [1.807, 2.05) is 11.8 Å². The third-order valence-corrected chi connectivity index (χ3v) is 16.9. The van der Waals surface area contributed by atoms with Crippen molar-refractivity contribution in [3.8, 4) is 0 Å². The lowest BCUT2D eigenvalue weighted by molar-refractivity contribution is 0.549. The van der Waals surface area contributed by atoms with Crippen molar-refractivity contribution in [2.45, 2.75) is 34.5 Å². The van der Waals surface area contributed by atoms with Gasteiger partial charge in [0.25, 0.3) is 0 Å². The average Bonchev–Trinajstić information content (AvgIpc) is 3.15. The van der Waals surface area contributed by atoms with Crippen molar-refractivity contribution in [3.05, 3.63) is 215 Å². The molecule has 0 fully saturated rings. The molecule has 0 nitrogen and oxygen atoms in total. The summed E-state index contributed by atoms with van der Waals surface area (Å²) >= 11 is 1.91. The lowest BCUT2D eigenvalue weighted by atomic mass is 9.54. The maximum Gasteiger partial charge on any atom is 0.179 e. The molecule has 0 saturated heterocycles. The Morgan fingerprint density at radius 1 is 0.354 bits per heavy atom. The normalized spacial score (nSPS) is 15.1. The Labute approximate surface area is 289 Å². The molecule has 0 saturated carbocycles. The third-order valence-electron chi connectivity index (χ3n) is 11.0. The van der Waals surface area contributed by atoms with Gasteiger partial charge in [0.1, 0.15) is 0 Å². The summed E-state index contributed by atoms with van der Waals surface area (Å²) in [6.07, 6.45) is 0. The van der Waals surface area contributed by atoms with Crippen LogP contribution in [-0.2, 0) is 10.8 Å². The molecule has 0 radical (unpaired) electrons. The van der Waals surface area contributed by atoms with E-state index in [0.717, 1.165) is 0 Å². The molecule has 2 aliphatic rings. The van der Waals surface area contributed by atoms with E-state index in [-0.39, 0.29) is 5.41 Å². The molecular formula is C46H36SSi. The van der Waals surface area contributed by atoms with Crippen molar-refractivity contribution in [3.63, 3.8) is 0 Å². The Hall–Kier alpha value is -4.89. The monoisotopic (exact) mass is 648 g/mol. The molecule has 7 aromatic carbocycles. The van der Waals surface area contributed by atoms with Gasteiger partial charge in [-0.15, -0.1) is 0 Å². The molecule has 1 aliphatic carbocycles. The minimum absolute atomic E-state index is 0.180. The van der Waals surface area contributed by atoms with Gasteiger partial charge in [0.05, 0.1) is 5.41 Å². The van der Waals surface area contributed by atoms with E-state index in [0.29, 0.717) is 0 Å². The number of fused-ring (bicyclic) bond motifs is 8. The van der Waals surface area contributed by atoms with Crippen molar-refractivity contribution in [1.29, 1.82) is 0 Å². The summed E-state index contributed by atoms with van der Waals surface area (Å²) in [5.74, 6) is 0. The first kappa shape index (κ1) is 29.3. The summed E-state index contributed by atoms with van der Waals surface area (Å²) in [5, 5.41) is 5.60. The van der Waals surface area contributed by atoms with Gasteiger partial charge < -0.3 is 0 Å². The Balaban J connectivity index is 1.47. The zero-order chi connectivity index (χ0) is 32.3. The quantitative estimate of drug-likeness (QED) is 0.136. The molecule has 230 valence electrons. The molecule has 9 rings (SSSR count). The van der Waals surface area contributed by atoms with Gasteiger partial charge in [-0.25, -0.2) is 0 Å². The highest BCUT2D eigenvalue weighted by Crippen LogP contribution is 2.61. The topological polar surface area (TPSA) is 0 Å². The third kappa shape index (κ3) is 3.97. The molecule has 2 heteroatoms. The van der Waals surface area contributed by atoms with Gasteiger partial charge in [0.2, 0.25) is 0 Å². The molecule has 0 atom stereocenters. The highest BCUT2D eigenvalue weighted by molar-refractivity contribution is 7.99. The summed E-state index contributed by atoms with van der Waals surface area (Å²) in [5.41, 5.74) is 7.72. The van der Waals surface area contributed by atoms with Crippen molar-refractivity contribution in [1.82, 2.24) is 0 Å². The number of hydrogen-bond acceptors (Lipinski definition) is 1. The van der Waals surface area contributed by atoms with Crippen LogP contribution in [-0.4, -0.2) is 8.07 Å². The van der Waals surface area contributed by atoms with Gasteiger partial charge in [-0.05, 0) is 66.3 Å². The predicted molar refractivity (Wildman–Crippen MR) is 205 cm³/mol. The molecule has 0 aromatic heterocycles. The Kier molecular flexibility index (Phi) is 6.76. The highest BCUT2D eigenvalue weighted by Gasteiger charge is 2.53.